The van der Waals surface area contributed by atoms with Crippen LogP contribution in [0.4, 0.5) is 20.3 Å². The number of fused-ring (bicyclic) bond motifs is 3. The Bertz CT molecular complexity index is 1040. The molecule has 6 heteroatoms. The second kappa shape index (κ2) is 5.01. The van der Waals surface area contributed by atoms with Gasteiger partial charge in [0.15, 0.2) is 5.82 Å². The highest BCUT2D eigenvalue weighted by Crippen LogP contribution is 2.27. The number of nitrogens with zero attached hydrogens (tertiary/aromatic N) is 3. The third-order valence-electron chi connectivity index (χ3n) is 3.72. The van der Waals surface area contributed by atoms with Crippen molar-refractivity contribution in [2.45, 2.75) is 6.92 Å². The molecule has 2 aromatic carbocycles. The van der Waals surface area contributed by atoms with E-state index in [1.165, 1.54) is 12.1 Å². The molecular formula is C17H12F2N4. The largest absolute Gasteiger partial charge is 0.336 e. The van der Waals surface area contributed by atoms with Crippen molar-refractivity contribution in [1.82, 2.24) is 14.4 Å². The molecule has 0 spiro atoms. The molecule has 1 N–H and O–H groups in total. The van der Waals surface area contributed by atoms with E-state index in [2.05, 4.69) is 15.3 Å². The normalized spacial score (nSPS) is 11.3. The highest BCUT2D eigenvalue weighted by atomic mass is 19.1. The van der Waals surface area contributed by atoms with Crippen molar-refractivity contribution in [3.63, 3.8) is 0 Å². The molecule has 23 heavy (non-hydrogen) atoms. The summed E-state index contributed by atoms with van der Waals surface area (Å²) in [4.78, 5) is 8.86. The summed E-state index contributed by atoms with van der Waals surface area (Å²) >= 11 is 0. The van der Waals surface area contributed by atoms with Crippen molar-refractivity contribution in [2.24, 2.45) is 0 Å². The lowest BCUT2D eigenvalue weighted by Gasteiger charge is -2.11. The van der Waals surface area contributed by atoms with Crippen LogP contribution in [0.1, 0.15) is 5.82 Å². The van der Waals surface area contributed by atoms with Crippen LogP contribution < -0.4 is 5.32 Å². The highest BCUT2D eigenvalue weighted by Gasteiger charge is 2.13. The van der Waals surface area contributed by atoms with Gasteiger partial charge in [-0.05, 0) is 31.2 Å². The molecular weight excluding hydrogens is 298 g/mol. The molecule has 114 valence electrons. The van der Waals surface area contributed by atoms with Crippen molar-refractivity contribution in [3.05, 3.63) is 66.1 Å². The lowest BCUT2D eigenvalue weighted by Crippen LogP contribution is -2.02. The van der Waals surface area contributed by atoms with E-state index in [4.69, 9.17) is 0 Å². The van der Waals surface area contributed by atoms with E-state index in [1.807, 2.05) is 35.6 Å². The molecule has 0 fully saturated rings. The molecule has 0 aliphatic rings. The van der Waals surface area contributed by atoms with Gasteiger partial charge in [0.05, 0.1) is 22.9 Å². The zero-order valence-electron chi connectivity index (χ0n) is 12.2. The minimum absolute atomic E-state index is 0.162. The molecule has 4 rings (SSSR count). The third kappa shape index (κ3) is 2.19. The van der Waals surface area contributed by atoms with Gasteiger partial charge in [-0.15, -0.1) is 0 Å². The van der Waals surface area contributed by atoms with Crippen LogP contribution in [-0.4, -0.2) is 14.4 Å². The zero-order valence-corrected chi connectivity index (χ0v) is 12.2. The first-order chi connectivity index (χ1) is 11.1. The number of rotatable bonds is 2. The Balaban J connectivity index is 1.95. The minimum Gasteiger partial charge on any atom is -0.336 e. The van der Waals surface area contributed by atoms with E-state index >= 15 is 0 Å². The Morgan fingerprint density at radius 1 is 1.04 bits per heavy atom. The Morgan fingerprint density at radius 2 is 1.87 bits per heavy atom. The lowest BCUT2D eigenvalue weighted by molar-refractivity contribution is 0.586. The first kappa shape index (κ1) is 13.6. The molecule has 0 saturated carbocycles. The molecule has 0 saturated heterocycles. The summed E-state index contributed by atoms with van der Waals surface area (Å²) in [5, 5.41) is 2.93. The zero-order chi connectivity index (χ0) is 16.0. The van der Waals surface area contributed by atoms with Crippen molar-refractivity contribution in [3.8, 4) is 0 Å². The van der Waals surface area contributed by atoms with Gasteiger partial charge in [0.25, 0.3) is 0 Å². The summed E-state index contributed by atoms with van der Waals surface area (Å²) < 4.78 is 28.9. The fourth-order valence-corrected chi connectivity index (χ4v) is 2.65. The van der Waals surface area contributed by atoms with Crippen LogP contribution in [-0.2, 0) is 0 Å². The van der Waals surface area contributed by atoms with Crippen LogP contribution in [0.2, 0.25) is 0 Å². The first-order valence-corrected chi connectivity index (χ1v) is 7.08. The number of benzene rings is 2. The predicted molar refractivity (Wildman–Crippen MR) is 84.9 cm³/mol. The molecule has 4 aromatic rings. The number of aromatic nitrogens is 3. The molecule has 2 heterocycles. The maximum absolute atomic E-state index is 13.9. The number of hydrogen-bond acceptors (Lipinski definition) is 3. The van der Waals surface area contributed by atoms with Gasteiger partial charge >= 0.3 is 0 Å². The van der Waals surface area contributed by atoms with Gasteiger partial charge in [0.2, 0.25) is 0 Å². The third-order valence-corrected chi connectivity index (χ3v) is 3.72. The maximum Gasteiger partial charge on any atom is 0.157 e. The molecule has 2 aromatic heterocycles. The van der Waals surface area contributed by atoms with E-state index in [-0.39, 0.29) is 5.69 Å². The van der Waals surface area contributed by atoms with Gasteiger partial charge in [-0.25, -0.2) is 18.7 Å². The van der Waals surface area contributed by atoms with Crippen LogP contribution in [0.25, 0.3) is 16.6 Å². The van der Waals surface area contributed by atoms with Gasteiger partial charge in [0.1, 0.15) is 23.0 Å². The summed E-state index contributed by atoms with van der Waals surface area (Å²) in [7, 11) is 0. The smallest absolute Gasteiger partial charge is 0.157 e. The number of aryl methyl sites for hydroxylation is 1. The van der Waals surface area contributed by atoms with Gasteiger partial charge < -0.3 is 5.32 Å². The second-order valence-corrected chi connectivity index (χ2v) is 5.22. The van der Waals surface area contributed by atoms with Crippen molar-refractivity contribution in [1.29, 1.82) is 0 Å². The van der Waals surface area contributed by atoms with E-state index in [0.717, 1.165) is 28.4 Å². The molecule has 0 aliphatic heterocycles. The predicted octanol–water partition coefficient (Wildman–Crippen LogP) is 4.21. The molecule has 0 atom stereocenters. The summed E-state index contributed by atoms with van der Waals surface area (Å²) in [5.74, 6) is -0.0183. The summed E-state index contributed by atoms with van der Waals surface area (Å²) in [5.41, 5.74) is 2.56. The van der Waals surface area contributed by atoms with Crippen LogP contribution in [0.15, 0.2) is 48.7 Å². The van der Waals surface area contributed by atoms with E-state index in [1.54, 1.807) is 6.20 Å². The van der Waals surface area contributed by atoms with Crippen LogP contribution in [0, 0.1) is 18.6 Å². The molecule has 0 amide bonds. The highest BCUT2D eigenvalue weighted by molar-refractivity contribution is 5.86. The Labute approximate surface area is 130 Å². The van der Waals surface area contributed by atoms with Gasteiger partial charge in [-0.3, -0.25) is 4.40 Å². The van der Waals surface area contributed by atoms with Crippen molar-refractivity contribution >= 4 is 28.1 Å². The number of nitrogens with one attached hydrogen (secondary N) is 1. The fraction of sp³-hybridized carbons (Fsp3) is 0.0588. The quantitative estimate of drug-likeness (QED) is 0.603. The molecule has 0 aliphatic carbocycles. The van der Waals surface area contributed by atoms with E-state index in [0.29, 0.717) is 5.82 Å². The number of imidazole rings is 1. The van der Waals surface area contributed by atoms with Crippen LogP contribution in [0.5, 0.6) is 0 Å². The first-order valence-electron chi connectivity index (χ1n) is 7.08. The Morgan fingerprint density at radius 3 is 2.70 bits per heavy atom. The summed E-state index contributed by atoms with van der Waals surface area (Å²) in [6.45, 7) is 1.89. The standard InChI is InChI=1S/C17H12F2N4/c1-10-20-9-16-17(21-13-7-6-11(18)8-12(13)19)22-14-4-2-3-5-15(14)23(10)16/h2-9H,1H3,(H,21,22). The second-order valence-electron chi connectivity index (χ2n) is 5.22. The van der Waals surface area contributed by atoms with Crippen molar-refractivity contribution < 1.29 is 8.78 Å². The number of halogens is 2. The number of para-hydroxylation sites is 2. The molecule has 0 radical (unpaired) electrons. The fourth-order valence-electron chi connectivity index (χ4n) is 2.65. The van der Waals surface area contributed by atoms with Crippen LogP contribution >= 0.6 is 0 Å². The van der Waals surface area contributed by atoms with E-state index in [9.17, 15) is 8.78 Å². The summed E-state index contributed by atoms with van der Waals surface area (Å²) in [6, 6.07) is 11.0. The average Bonchev–Trinajstić information content (AvgIpc) is 2.93. The SMILES string of the molecule is Cc1ncc2c(Nc3ccc(F)cc3F)nc3ccccc3n12. The summed E-state index contributed by atoms with van der Waals surface area (Å²) in [6.07, 6.45) is 1.68. The van der Waals surface area contributed by atoms with Crippen LogP contribution in [0.3, 0.4) is 0 Å². The van der Waals surface area contributed by atoms with Crippen molar-refractivity contribution in [2.75, 3.05) is 5.32 Å². The maximum atomic E-state index is 13.9. The lowest BCUT2D eigenvalue weighted by atomic mass is 10.2. The Hall–Kier alpha value is -3.02. The number of anilines is 2. The topological polar surface area (TPSA) is 42.2 Å². The average molecular weight is 310 g/mol. The Kier molecular flexibility index (Phi) is 2.97. The van der Waals surface area contributed by atoms with Gasteiger partial charge in [-0.2, -0.15) is 0 Å². The molecule has 4 nitrogen and oxygen atoms in total. The molecule has 0 bridgehead atoms. The molecule has 0 unspecified atom stereocenters. The van der Waals surface area contributed by atoms with E-state index < -0.39 is 11.6 Å². The minimum atomic E-state index is -0.672. The monoisotopic (exact) mass is 310 g/mol. The van der Waals surface area contributed by atoms with Gasteiger partial charge in [-0.1, -0.05) is 12.1 Å². The number of hydrogen-bond donors (Lipinski definition) is 1. The van der Waals surface area contributed by atoms with Gasteiger partial charge in [0, 0.05) is 6.07 Å².